The smallest absolute Gasteiger partial charge is 0.225 e. The van der Waals surface area contributed by atoms with Gasteiger partial charge in [0.1, 0.15) is 6.07 Å². The van der Waals surface area contributed by atoms with Crippen molar-refractivity contribution in [3.05, 3.63) is 64.1 Å². The van der Waals surface area contributed by atoms with Gasteiger partial charge in [0, 0.05) is 5.56 Å². The van der Waals surface area contributed by atoms with Crippen molar-refractivity contribution in [1.82, 2.24) is 0 Å². The van der Waals surface area contributed by atoms with Crippen LogP contribution in [0.4, 0.5) is 5.69 Å². The molecule has 6 heteroatoms. The normalized spacial score (nSPS) is 10.8. The third-order valence-electron chi connectivity index (χ3n) is 2.60. The van der Waals surface area contributed by atoms with Crippen LogP contribution in [0.25, 0.3) is 0 Å². The Bertz CT molecular complexity index is 751. The Labute approximate surface area is 131 Å². The number of para-hydroxylation sites is 1. The van der Waals surface area contributed by atoms with E-state index in [0.717, 1.165) is 0 Å². The first-order valence-electron chi connectivity index (χ1n) is 5.91. The average Bonchev–Trinajstić information content (AvgIpc) is 2.50. The van der Waals surface area contributed by atoms with Crippen LogP contribution in [0.3, 0.4) is 0 Å². The molecule has 2 aromatic rings. The van der Waals surface area contributed by atoms with Crippen LogP contribution in [0.5, 0.6) is 0 Å². The van der Waals surface area contributed by atoms with Crippen LogP contribution in [0.15, 0.2) is 53.6 Å². The fraction of sp³-hybridized carbons (Fsp3) is 0. The molecule has 0 bridgehead atoms. The van der Waals surface area contributed by atoms with E-state index in [1.165, 1.54) is 6.07 Å². The number of anilines is 1. The highest BCUT2D eigenvalue weighted by Gasteiger charge is 2.16. The molecule has 0 aromatic heterocycles. The fourth-order valence-electron chi connectivity index (χ4n) is 1.57. The van der Waals surface area contributed by atoms with Gasteiger partial charge in [0.25, 0.3) is 0 Å². The van der Waals surface area contributed by atoms with Crippen LogP contribution < -0.4 is 5.43 Å². The van der Waals surface area contributed by atoms with Crippen LogP contribution >= 0.6 is 23.2 Å². The van der Waals surface area contributed by atoms with Gasteiger partial charge >= 0.3 is 0 Å². The van der Waals surface area contributed by atoms with E-state index in [-0.39, 0.29) is 16.3 Å². The maximum atomic E-state index is 12.2. The number of nitrogens with zero attached hydrogens (tertiary/aromatic N) is 2. The highest BCUT2D eigenvalue weighted by molar-refractivity contribution is 6.53. The molecule has 4 nitrogen and oxygen atoms in total. The minimum Gasteiger partial charge on any atom is -0.286 e. The predicted molar refractivity (Wildman–Crippen MR) is 83.9 cm³/mol. The number of benzene rings is 2. The minimum absolute atomic E-state index is 0.223. The lowest BCUT2D eigenvalue weighted by Crippen LogP contribution is -2.14. The van der Waals surface area contributed by atoms with Crippen LogP contribution in [0.2, 0.25) is 10.0 Å². The molecule has 2 rings (SSSR count). The van der Waals surface area contributed by atoms with Gasteiger partial charge in [0.05, 0.1) is 15.7 Å². The zero-order valence-corrected chi connectivity index (χ0v) is 12.2. The van der Waals surface area contributed by atoms with Gasteiger partial charge in [-0.1, -0.05) is 47.5 Å². The van der Waals surface area contributed by atoms with Crippen molar-refractivity contribution in [3.63, 3.8) is 0 Å². The number of carbonyl (C=O) groups excluding carboxylic acids is 1. The third-order valence-corrected chi connectivity index (χ3v) is 3.26. The molecule has 0 unspecified atom stereocenters. The van der Waals surface area contributed by atoms with E-state index in [4.69, 9.17) is 28.5 Å². The first-order valence-corrected chi connectivity index (χ1v) is 6.66. The van der Waals surface area contributed by atoms with E-state index < -0.39 is 5.78 Å². The Hall–Kier alpha value is -2.35. The topological polar surface area (TPSA) is 65.2 Å². The van der Waals surface area contributed by atoms with Gasteiger partial charge < -0.3 is 0 Å². The van der Waals surface area contributed by atoms with E-state index >= 15 is 0 Å². The summed E-state index contributed by atoms with van der Waals surface area (Å²) >= 11 is 11.9. The third kappa shape index (κ3) is 3.60. The van der Waals surface area contributed by atoms with Gasteiger partial charge in [-0.3, -0.25) is 10.2 Å². The monoisotopic (exact) mass is 317 g/mol. The molecule has 1 N–H and O–H groups in total. The van der Waals surface area contributed by atoms with Crippen LogP contribution in [-0.4, -0.2) is 11.5 Å². The summed E-state index contributed by atoms with van der Waals surface area (Å²) in [5.41, 5.74) is 3.02. The molecule has 0 saturated heterocycles. The van der Waals surface area contributed by atoms with Crippen molar-refractivity contribution in [1.29, 1.82) is 5.26 Å². The number of hydrazone groups is 1. The second kappa shape index (κ2) is 6.89. The molecule has 2 aromatic carbocycles. The molecule has 0 atom stereocenters. The molecule has 21 heavy (non-hydrogen) atoms. The van der Waals surface area contributed by atoms with Crippen molar-refractivity contribution in [3.8, 4) is 6.07 Å². The second-order valence-corrected chi connectivity index (χ2v) is 4.79. The number of hydrogen-bond acceptors (Lipinski definition) is 4. The Balaban J connectivity index is 2.26. The molecule has 0 radical (unpaired) electrons. The Morgan fingerprint density at radius 1 is 1.05 bits per heavy atom. The summed E-state index contributed by atoms with van der Waals surface area (Å²) < 4.78 is 0. The molecule has 0 spiro atoms. The van der Waals surface area contributed by atoms with E-state index in [1.807, 2.05) is 0 Å². The molecule has 104 valence electrons. The zero-order valence-electron chi connectivity index (χ0n) is 10.7. The number of nitriles is 1. The van der Waals surface area contributed by atoms with Crippen LogP contribution in [-0.2, 0) is 0 Å². The highest BCUT2D eigenvalue weighted by atomic mass is 35.5. The van der Waals surface area contributed by atoms with Crippen molar-refractivity contribution in [2.75, 3.05) is 5.43 Å². The minimum atomic E-state index is -0.553. The number of halogens is 2. The molecule has 0 heterocycles. The first-order chi connectivity index (χ1) is 10.1. The van der Waals surface area contributed by atoms with Gasteiger partial charge in [-0.2, -0.15) is 10.4 Å². The standard InChI is InChI=1S/C15H9Cl2N3O/c16-11-6-2-1-5-10(11)15(21)14(9-18)20-19-13-8-4-3-7-12(13)17/h1-8,19H. The summed E-state index contributed by atoms with van der Waals surface area (Å²) in [5, 5.41) is 13.6. The van der Waals surface area contributed by atoms with Crippen molar-refractivity contribution >= 4 is 40.4 Å². The summed E-state index contributed by atoms with van der Waals surface area (Å²) in [6, 6.07) is 15.1. The van der Waals surface area contributed by atoms with Crippen LogP contribution in [0.1, 0.15) is 10.4 Å². The van der Waals surface area contributed by atoms with E-state index in [9.17, 15) is 4.79 Å². The van der Waals surface area contributed by atoms with E-state index in [2.05, 4.69) is 10.5 Å². The predicted octanol–water partition coefficient (Wildman–Crippen LogP) is 4.17. The molecule has 0 aliphatic carbocycles. The first kappa shape index (κ1) is 15.0. The lowest BCUT2D eigenvalue weighted by molar-refractivity contribution is 0.106. The quantitative estimate of drug-likeness (QED) is 0.523. The van der Waals surface area contributed by atoms with Crippen molar-refractivity contribution in [2.45, 2.75) is 0 Å². The van der Waals surface area contributed by atoms with Gasteiger partial charge in [-0.25, -0.2) is 0 Å². The summed E-state index contributed by atoms with van der Waals surface area (Å²) in [5.74, 6) is -0.553. The Morgan fingerprint density at radius 2 is 1.67 bits per heavy atom. The van der Waals surface area contributed by atoms with Crippen molar-refractivity contribution in [2.24, 2.45) is 5.10 Å². The maximum absolute atomic E-state index is 12.2. The van der Waals surface area contributed by atoms with E-state index in [0.29, 0.717) is 10.7 Å². The highest BCUT2D eigenvalue weighted by Crippen LogP contribution is 2.20. The molecule has 0 aliphatic heterocycles. The molecule has 0 amide bonds. The lowest BCUT2D eigenvalue weighted by Gasteiger charge is -2.04. The van der Waals surface area contributed by atoms with Crippen LogP contribution in [0, 0.1) is 11.3 Å². The SMILES string of the molecule is N#CC(=NNc1ccccc1Cl)C(=O)c1ccccc1Cl. The van der Waals surface area contributed by atoms with Gasteiger partial charge in [0.2, 0.25) is 11.5 Å². The Morgan fingerprint density at radius 3 is 2.29 bits per heavy atom. The lowest BCUT2D eigenvalue weighted by atomic mass is 10.1. The van der Waals surface area contributed by atoms with Gasteiger partial charge in [-0.05, 0) is 24.3 Å². The summed E-state index contributed by atoms with van der Waals surface area (Å²) in [4.78, 5) is 12.2. The number of carbonyl (C=O) groups is 1. The molecule has 0 aliphatic rings. The zero-order chi connectivity index (χ0) is 15.2. The number of rotatable bonds is 4. The number of ketones is 1. The number of hydrogen-bond donors (Lipinski definition) is 1. The number of Topliss-reactive ketones (excluding diaryl/α,β-unsaturated/α-hetero) is 1. The summed E-state index contributed by atoms with van der Waals surface area (Å²) in [6.45, 7) is 0. The molecular formula is C15H9Cl2N3O. The number of nitrogens with one attached hydrogen (secondary N) is 1. The van der Waals surface area contributed by atoms with E-state index in [1.54, 1.807) is 48.5 Å². The summed E-state index contributed by atoms with van der Waals surface area (Å²) in [6.07, 6.45) is 0. The van der Waals surface area contributed by atoms with Gasteiger partial charge in [0.15, 0.2) is 0 Å². The van der Waals surface area contributed by atoms with Gasteiger partial charge in [-0.15, -0.1) is 0 Å². The Kier molecular flexibility index (Phi) is 4.94. The maximum Gasteiger partial charge on any atom is 0.225 e. The summed E-state index contributed by atoms with van der Waals surface area (Å²) in [7, 11) is 0. The molecule has 0 fully saturated rings. The largest absolute Gasteiger partial charge is 0.286 e. The van der Waals surface area contributed by atoms with Crippen molar-refractivity contribution < 1.29 is 4.79 Å². The fourth-order valence-corrected chi connectivity index (χ4v) is 1.97. The molecular weight excluding hydrogens is 309 g/mol. The second-order valence-electron chi connectivity index (χ2n) is 3.97. The average molecular weight is 318 g/mol. The molecule has 0 saturated carbocycles.